The molecule has 2 rings (SSSR count). The second-order valence-corrected chi connectivity index (χ2v) is 7.13. The van der Waals surface area contributed by atoms with Gasteiger partial charge >= 0.3 is 0 Å². The van der Waals surface area contributed by atoms with Gasteiger partial charge in [0.1, 0.15) is 0 Å². The predicted octanol–water partition coefficient (Wildman–Crippen LogP) is 4.62. The van der Waals surface area contributed by atoms with Gasteiger partial charge in [-0.15, -0.1) is 11.3 Å². The lowest BCUT2D eigenvalue weighted by molar-refractivity contribution is -0.115. The van der Waals surface area contributed by atoms with Crippen LogP contribution in [0.4, 0.5) is 5.69 Å². The molecule has 0 saturated heterocycles. The molecule has 3 nitrogen and oxygen atoms in total. The highest BCUT2D eigenvalue weighted by Gasteiger charge is 2.10. The van der Waals surface area contributed by atoms with Gasteiger partial charge in [-0.2, -0.15) is 0 Å². The van der Waals surface area contributed by atoms with Crippen molar-refractivity contribution in [3.63, 3.8) is 0 Å². The lowest BCUT2D eigenvalue weighted by Crippen LogP contribution is -2.15. The maximum absolute atomic E-state index is 12.1. The average Bonchev–Trinajstić information content (AvgIpc) is 2.70. The van der Waals surface area contributed by atoms with E-state index in [0.717, 1.165) is 32.7 Å². The van der Waals surface area contributed by atoms with Crippen molar-refractivity contribution in [1.29, 1.82) is 0 Å². The van der Waals surface area contributed by atoms with Gasteiger partial charge in [0.25, 0.3) is 0 Å². The van der Waals surface area contributed by atoms with E-state index >= 15 is 0 Å². The number of aryl methyl sites for hydroxylation is 2. The van der Waals surface area contributed by atoms with Crippen LogP contribution in [-0.4, -0.2) is 10.9 Å². The van der Waals surface area contributed by atoms with Crippen molar-refractivity contribution < 1.29 is 4.79 Å². The van der Waals surface area contributed by atoms with Crippen LogP contribution < -0.4 is 5.32 Å². The number of anilines is 1. The molecule has 0 radical (unpaired) electrons. The predicted molar refractivity (Wildman–Crippen MR) is 90.1 cm³/mol. The molecule has 20 heavy (non-hydrogen) atoms. The summed E-state index contributed by atoms with van der Waals surface area (Å²) in [5.74, 6) is -0.0182. The Morgan fingerprint density at radius 3 is 2.85 bits per heavy atom. The number of nitrogens with one attached hydrogen (secondary N) is 2. The summed E-state index contributed by atoms with van der Waals surface area (Å²) in [6.45, 7) is 4.01. The first kappa shape index (κ1) is 15.4. The van der Waals surface area contributed by atoms with Crippen LogP contribution >= 0.6 is 39.5 Å². The van der Waals surface area contributed by atoms with Crippen molar-refractivity contribution in [2.75, 3.05) is 5.32 Å². The Morgan fingerprint density at radius 1 is 1.50 bits per heavy atom. The number of amides is 1. The fourth-order valence-corrected chi connectivity index (χ4v) is 3.62. The minimum atomic E-state index is -0.0182. The van der Waals surface area contributed by atoms with Crippen molar-refractivity contribution in [1.82, 2.24) is 4.98 Å². The van der Waals surface area contributed by atoms with Gasteiger partial charge in [-0.05, 0) is 49.3 Å². The van der Waals surface area contributed by atoms with E-state index in [1.54, 1.807) is 0 Å². The van der Waals surface area contributed by atoms with Crippen molar-refractivity contribution in [3.8, 4) is 0 Å². The summed E-state index contributed by atoms with van der Waals surface area (Å²) in [5.41, 5.74) is 2.96. The quantitative estimate of drug-likeness (QED) is 0.771. The fraction of sp³-hybridized carbons (Fsp3) is 0.286. The lowest BCUT2D eigenvalue weighted by Gasteiger charge is -2.10. The maximum atomic E-state index is 12.1. The van der Waals surface area contributed by atoms with Crippen LogP contribution in [0.25, 0.3) is 0 Å². The molecule has 106 valence electrons. The molecular formula is C14H15BrN2OS2. The molecule has 0 unspecified atom stereocenters. The highest BCUT2D eigenvalue weighted by molar-refractivity contribution is 9.10. The van der Waals surface area contributed by atoms with Gasteiger partial charge in [0.05, 0.1) is 6.42 Å². The van der Waals surface area contributed by atoms with E-state index in [9.17, 15) is 4.79 Å². The second-order valence-electron chi connectivity index (χ2n) is 4.44. The van der Waals surface area contributed by atoms with Gasteiger partial charge < -0.3 is 10.3 Å². The van der Waals surface area contributed by atoms with Crippen LogP contribution in [0.1, 0.15) is 23.1 Å². The van der Waals surface area contributed by atoms with Gasteiger partial charge in [0.2, 0.25) is 5.91 Å². The van der Waals surface area contributed by atoms with Crippen LogP contribution in [0.3, 0.4) is 0 Å². The number of halogens is 1. The highest BCUT2D eigenvalue weighted by atomic mass is 79.9. The molecule has 0 aliphatic heterocycles. The van der Waals surface area contributed by atoms with E-state index in [1.807, 2.05) is 25.1 Å². The number of carbonyl (C=O) groups excluding carboxylic acids is 1. The minimum Gasteiger partial charge on any atom is -0.341 e. The second kappa shape index (κ2) is 6.65. The zero-order valence-electron chi connectivity index (χ0n) is 11.2. The lowest BCUT2D eigenvalue weighted by atomic mass is 10.1. The Balaban J connectivity index is 2.12. The number of thiazole rings is 1. The molecular weight excluding hydrogens is 356 g/mol. The molecule has 6 heteroatoms. The van der Waals surface area contributed by atoms with Crippen molar-refractivity contribution in [3.05, 3.63) is 42.8 Å². The summed E-state index contributed by atoms with van der Waals surface area (Å²) in [5, 5.41) is 2.97. The summed E-state index contributed by atoms with van der Waals surface area (Å²) in [4.78, 5) is 16.2. The Hall–Kier alpha value is -0.980. The third-order valence-corrected chi connectivity index (χ3v) is 4.80. The summed E-state index contributed by atoms with van der Waals surface area (Å²) in [7, 11) is 0. The zero-order valence-corrected chi connectivity index (χ0v) is 14.5. The zero-order chi connectivity index (χ0) is 14.7. The van der Waals surface area contributed by atoms with E-state index < -0.39 is 0 Å². The molecule has 1 aromatic heterocycles. The SMILES string of the molecule is CCc1cc(Br)ccc1NC(=O)Cc1sc(=S)[nH]c1C. The van der Waals surface area contributed by atoms with Crippen LogP contribution in [-0.2, 0) is 17.6 Å². The third kappa shape index (κ3) is 3.77. The van der Waals surface area contributed by atoms with E-state index in [4.69, 9.17) is 12.2 Å². The smallest absolute Gasteiger partial charge is 0.229 e. The number of benzene rings is 1. The molecule has 0 bridgehead atoms. The van der Waals surface area contributed by atoms with E-state index in [1.165, 1.54) is 11.3 Å². The average molecular weight is 371 g/mol. The molecule has 0 saturated carbocycles. The third-order valence-electron chi connectivity index (χ3n) is 2.97. The molecule has 0 aliphatic carbocycles. The molecule has 0 atom stereocenters. The first-order valence-corrected chi connectivity index (χ1v) is 8.28. The van der Waals surface area contributed by atoms with Crippen LogP contribution in [0, 0.1) is 10.9 Å². The number of rotatable bonds is 4. The standard InChI is InChI=1S/C14H15BrN2OS2/c1-3-9-6-10(15)4-5-11(9)17-13(18)7-12-8(2)16-14(19)20-12/h4-6H,3,7H2,1-2H3,(H,16,19)(H,17,18). The molecule has 1 heterocycles. The number of hydrogen-bond acceptors (Lipinski definition) is 3. The van der Waals surface area contributed by atoms with Crippen LogP contribution in [0.5, 0.6) is 0 Å². The number of carbonyl (C=O) groups is 1. The first-order valence-electron chi connectivity index (χ1n) is 6.26. The summed E-state index contributed by atoms with van der Waals surface area (Å²) < 4.78 is 1.73. The summed E-state index contributed by atoms with van der Waals surface area (Å²) in [6.07, 6.45) is 1.22. The largest absolute Gasteiger partial charge is 0.341 e. The molecule has 0 fully saturated rings. The van der Waals surface area contributed by atoms with Gasteiger partial charge in [-0.1, -0.05) is 22.9 Å². The van der Waals surface area contributed by atoms with Gasteiger partial charge in [0, 0.05) is 20.7 Å². The fourth-order valence-electron chi connectivity index (χ4n) is 1.92. The normalized spacial score (nSPS) is 10.6. The van der Waals surface area contributed by atoms with Crippen molar-refractivity contribution in [2.45, 2.75) is 26.7 Å². The Labute approximate surface area is 135 Å². The molecule has 2 aromatic rings. The number of H-pyrrole nitrogens is 1. The number of hydrogen-bond donors (Lipinski definition) is 2. The Kier molecular flexibility index (Phi) is 5.12. The van der Waals surface area contributed by atoms with Crippen molar-refractivity contribution >= 4 is 51.1 Å². The van der Waals surface area contributed by atoms with E-state index in [2.05, 4.69) is 33.2 Å². The Morgan fingerprint density at radius 2 is 2.25 bits per heavy atom. The molecule has 1 aromatic carbocycles. The summed E-state index contributed by atoms with van der Waals surface area (Å²) >= 11 is 9.98. The summed E-state index contributed by atoms with van der Waals surface area (Å²) in [6, 6.07) is 5.88. The van der Waals surface area contributed by atoms with Crippen LogP contribution in [0.2, 0.25) is 0 Å². The monoisotopic (exact) mass is 370 g/mol. The molecule has 0 aliphatic rings. The number of aromatic amines is 1. The van der Waals surface area contributed by atoms with E-state index in [0.29, 0.717) is 10.4 Å². The van der Waals surface area contributed by atoms with Gasteiger partial charge in [0.15, 0.2) is 3.95 Å². The topological polar surface area (TPSA) is 44.9 Å². The molecule has 1 amide bonds. The maximum Gasteiger partial charge on any atom is 0.229 e. The molecule has 2 N–H and O–H groups in total. The first-order chi connectivity index (χ1) is 9.49. The number of aromatic nitrogens is 1. The van der Waals surface area contributed by atoms with Gasteiger partial charge in [-0.25, -0.2) is 0 Å². The van der Waals surface area contributed by atoms with E-state index in [-0.39, 0.29) is 5.91 Å². The minimum absolute atomic E-state index is 0.0182. The van der Waals surface area contributed by atoms with Crippen molar-refractivity contribution in [2.24, 2.45) is 0 Å². The molecule has 0 spiro atoms. The Bertz CT molecular complexity index is 691. The highest BCUT2D eigenvalue weighted by Crippen LogP contribution is 2.22. The van der Waals surface area contributed by atoms with Gasteiger partial charge in [-0.3, -0.25) is 4.79 Å². The van der Waals surface area contributed by atoms with Crippen LogP contribution in [0.15, 0.2) is 22.7 Å².